The van der Waals surface area contributed by atoms with Crippen LogP contribution in [0.15, 0.2) is 54.6 Å². The first-order valence-corrected chi connectivity index (χ1v) is 7.07. The van der Waals surface area contributed by atoms with Crippen LogP contribution in [0, 0.1) is 5.82 Å². The molecule has 5 nitrogen and oxygen atoms in total. The molecule has 0 amide bonds. The molecule has 0 saturated heterocycles. The highest BCUT2D eigenvalue weighted by molar-refractivity contribution is 5.73. The first kappa shape index (κ1) is 14.9. The van der Waals surface area contributed by atoms with Crippen molar-refractivity contribution in [1.29, 1.82) is 0 Å². The van der Waals surface area contributed by atoms with Crippen LogP contribution in [0.1, 0.15) is 11.3 Å². The fourth-order valence-corrected chi connectivity index (χ4v) is 2.44. The highest BCUT2D eigenvalue weighted by atomic mass is 19.1. The summed E-state index contributed by atoms with van der Waals surface area (Å²) in [5, 5.41) is 17.1. The average molecular weight is 311 g/mol. The van der Waals surface area contributed by atoms with Crippen LogP contribution in [0.3, 0.4) is 0 Å². The van der Waals surface area contributed by atoms with Gasteiger partial charge in [-0.1, -0.05) is 47.7 Å². The van der Waals surface area contributed by atoms with Gasteiger partial charge in [-0.25, -0.2) is 9.07 Å². The van der Waals surface area contributed by atoms with Gasteiger partial charge >= 0.3 is 5.97 Å². The predicted octanol–water partition coefficient (Wildman–Crippen LogP) is 2.76. The Morgan fingerprint density at radius 1 is 1.13 bits per heavy atom. The van der Waals surface area contributed by atoms with E-state index in [0.29, 0.717) is 17.9 Å². The van der Waals surface area contributed by atoms with Gasteiger partial charge in [0.2, 0.25) is 0 Å². The SMILES string of the molecule is O=C(O)Cc1nnn(Cc2cccc(F)c2)c1-c1ccccc1. The largest absolute Gasteiger partial charge is 0.481 e. The number of benzene rings is 2. The van der Waals surface area contributed by atoms with E-state index in [1.54, 1.807) is 16.8 Å². The summed E-state index contributed by atoms with van der Waals surface area (Å²) in [5.41, 5.74) is 2.58. The minimum atomic E-state index is -0.972. The van der Waals surface area contributed by atoms with E-state index in [1.807, 2.05) is 30.3 Å². The third-order valence-electron chi connectivity index (χ3n) is 3.39. The number of nitrogens with zero attached hydrogens (tertiary/aromatic N) is 3. The summed E-state index contributed by atoms with van der Waals surface area (Å²) in [4.78, 5) is 11.0. The topological polar surface area (TPSA) is 68.0 Å². The third kappa shape index (κ3) is 3.42. The number of hydrogen-bond acceptors (Lipinski definition) is 3. The molecular formula is C17H14FN3O2. The van der Waals surface area contributed by atoms with Crippen LogP contribution in [0.5, 0.6) is 0 Å². The van der Waals surface area contributed by atoms with Crippen LogP contribution in [0.25, 0.3) is 11.3 Å². The van der Waals surface area contributed by atoms with Gasteiger partial charge in [0.15, 0.2) is 0 Å². The van der Waals surface area contributed by atoms with Crippen molar-refractivity contribution in [3.8, 4) is 11.3 Å². The monoisotopic (exact) mass is 311 g/mol. The molecule has 3 rings (SSSR count). The van der Waals surface area contributed by atoms with Crippen molar-refractivity contribution in [3.05, 3.63) is 71.7 Å². The van der Waals surface area contributed by atoms with E-state index in [1.165, 1.54) is 12.1 Å². The van der Waals surface area contributed by atoms with Crippen molar-refractivity contribution in [2.45, 2.75) is 13.0 Å². The smallest absolute Gasteiger partial charge is 0.309 e. The summed E-state index contributed by atoms with van der Waals surface area (Å²) >= 11 is 0. The van der Waals surface area contributed by atoms with Gasteiger partial charge in [-0.2, -0.15) is 0 Å². The predicted molar refractivity (Wildman–Crippen MR) is 82.3 cm³/mol. The molecule has 0 aliphatic heterocycles. The zero-order valence-electron chi connectivity index (χ0n) is 12.2. The van der Waals surface area contributed by atoms with E-state index >= 15 is 0 Å². The molecular weight excluding hydrogens is 297 g/mol. The second-order valence-corrected chi connectivity index (χ2v) is 5.11. The van der Waals surface area contributed by atoms with Gasteiger partial charge in [-0.15, -0.1) is 5.10 Å². The molecule has 116 valence electrons. The Hall–Kier alpha value is -3.02. The van der Waals surface area contributed by atoms with Crippen molar-refractivity contribution >= 4 is 5.97 Å². The fraction of sp³-hybridized carbons (Fsp3) is 0.118. The lowest BCUT2D eigenvalue weighted by Gasteiger charge is -2.08. The van der Waals surface area contributed by atoms with Gasteiger partial charge in [0, 0.05) is 5.56 Å². The second-order valence-electron chi connectivity index (χ2n) is 5.11. The van der Waals surface area contributed by atoms with Crippen molar-refractivity contribution in [2.24, 2.45) is 0 Å². The molecule has 0 atom stereocenters. The van der Waals surface area contributed by atoms with Crippen LogP contribution in [0.4, 0.5) is 4.39 Å². The molecule has 1 N–H and O–H groups in total. The van der Waals surface area contributed by atoms with E-state index in [0.717, 1.165) is 11.1 Å². The Morgan fingerprint density at radius 3 is 2.61 bits per heavy atom. The van der Waals surface area contributed by atoms with Crippen molar-refractivity contribution in [1.82, 2.24) is 15.0 Å². The van der Waals surface area contributed by atoms with Crippen molar-refractivity contribution in [3.63, 3.8) is 0 Å². The zero-order valence-corrected chi connectivity index (χ0v) is 12.2. The van der Waals surface area contributed by atoms with Crippen LogP contribution in [-0.2, 0) is 17.8 Å². The normalized spacial score (nSPS) is 10.7. The molecule has 23 heavy (non-hydrogen) atoms. The molecule has 0 radical (unpaired) electrons. The second kappa shape index (κ2) is 6.39. The minimum absolute atomic E-state index is 0.215. The highest BCUT2D eigenvalue weighted by Gasteiger charge is 2.17. The first-order chi connectivity index (χ1) is 11.1. The first-order valence-electron chi connectivity index (χ1n) is 7.07. The zero-order chi connectivity index (χ0) is 16.2. The van der Waals surface area contributed by atoms with Crippen LogP contribution in [0.2, 0.25) is 0 Å². The Labute approximate surface area is 132 Å². The molecule has 0 bridgehead atoms. The standard InChI is InChI=1S/C17H14FN3O2/c18-14-8-4-5-12(9-14)11-21-17(13-6-2-1-3-7-13)15(19-20-21)10-16(22)23/h1-9H,10-11H2,(H,22,23). The number of carboxylic acid groups (broad SMARTS) is 1. The number of aliphatic carboxylic acids is 1. The van der Waals surface area contributed by atoms with Gasteiger partial charge in [0.25, 0.3) is 0 Å². The Balaban J connectivity index is 2.03. The van der Waals surface area contributed by atoms with Gasteiger partial charge in [0.05, 0.1) is 18.7 Å². The molecule has 0 spiro atoms. The number of hydrogen-bond donors (Lipinski definition) is 1. The average Bonchev–Trinajstić information content (AvgIpc) is 2.90. The maximum Gasteiger partial charge on any atom is 0.309 e. The van der Waals surface area contributed by atoms with E-state index in [-0.39, 0.29) is 12.2 Å². The number of halogens is 1. The lowest BCUT2D eigenvalue weighted by Crippen LogP contribution is -2.06. The molecule has 6 heteroatoms. The molecule has 0 saturated carbocycles. The number of rotatable bonds is 5. The summed E-state index contributed by atoms with van der Waals surface area (Å²) < 4.78 is 14.9. The number of carboxylic acids is 1. The van der Waals surface area contributed by atoms with Crippen LogP contribution in [-0.4, -0.2) is 26.1 Å². The Kier molecular flexibility index (Phi) is 4.14. The van der Waals surface area contributed by atoms with Gasteiger partial charge in [-0.3, -0.25) is 4.79 Å². The summed E-state index contributed by atoms with van der Waals surface area (Å²) in [5.74, 6) is -1.30. The van der Waals surface area contributed by atoms with Gasteiger partial charge in [0.1, 0.15) is 11.5 Å². The minimum Gasteiger partial charge on any atom is -0.481 e. The van der Waals surface area contributed by atoms with E-state index in [9.17, 15) is 9.18 Å². The van der Waals surface area contributed by atoms with Gasteiger partial charge < -0.3 is 5.11 Å². The highest BCUT2D eigenvalue weighted by Crippen LogP contribution is 2.23. The van der Waals surface area contributed by atoms with Gasteiger partial charge in [-0.05, 0) is 17.7 Å². The third-order valence-corrected chi connectivity index (χ3v) is 3.39. The fourth-order valence-electron chi connectivity index (χ4n) is 2.44. The van der Waals surface area contributed by atoms with E-state index in [4.69, 9.17) is 5.11 Å². The maximum atomic E-state index is 13.3. The Morgan fingerprint density at radius 2 is 1.91 bits per heavy atom. The molecule has 0 fully saturated rings. The Bertz CT molecular complexity index is 831. The molecule has 1 heterocycles. The summed E-state index contributed by atoms with van der Waals surface area (Å²) in [7, 11) is 0. The molecule has 3 aromatic rings. The lowest BCUT2D eigenvalue weighted by molar-refractivity contribution is -0.136. The molecule has 1 aromatic heterocycles. The lowest BCUT2D eigenvalue weighted by atomic mass is 10.1. The summed E-state index contributed by atoms with van der Waals surface area (Å²) in [6.07, 6.45) is -0.215. The maximum absolute atomic E-state index is 13.3. The van der Waals surface area contributed by atoms with Crippen LogP contribution < -0.4 is 0 Å². The van der Waals surface area contributed by atoms with E-state index < -0.39 is 5.97 Å². The van der Waals surface area contributed by atoms with Crippen LogP contribution >= 0.6 is 0 Å². The van der Waals surface area contributed by atoms with Crippen molar-refractivity contribution in [2.75, 3.05) is 0 Å². The molecule has 0 aliphatic rings. The summed E-state index contributed by atoms with van der Waals surface area (Å²) in [6.45, 7) is 0.314. The molecule has 0 aliphatic carbocycles. The summed E-state index contributed by atoms with van der Waals surface area (Å²) in [6, 6.07) is 15.5. The number of aromatic nitrogens is 3. The number of carbonyl (C=O) groups is 1. The molecule has 2 aromatic carbocycles. The van der Waals surface area contributed by atoms with Crippen molar-refractivity contribution < 1.29 is 14.3 Å². The quantitative estimate of drug-likeness (QED) is 0.786. The van der Waals surface area contributed by atoms with E-state index in [2.05, 4.69) is 10.3 Å². The molecule has 0 unspecified atom stereocenters.